The monoisotopic (exact) mass is 294 g/mol. The van der Waals surface area contributed by atoms with Gasteiger partial charge in [-0.3, -0.25) is 0 Å². The van der Waals surface area contributed by atoms with E-state index in [2.05, 4.69) is 38.2 Å². The summed E-state index contributed by atoms with van der Waals surface area (Å²) >= 11 is 0. The summed E-state index contributed by atoms with van der Waals surface area (Å²) in [5.41, 5.74) is 0. The van der Waals surface area contributed by atoms with Crippen LogP contribution in [0.4, 0.5) is 0 Å². The Morgan fingerprint density at radius 2 is 1.12 bits per heavy atom. The summed E-state index contributed by atoms with van der Waals surface area (Å²) in [6.45, 7) is 4.43. The summed E-state index contributed by atoms with van der Waals surface area (Å²) in [6, 6.07) is 0. The quantitative estimate of drug-likeness (QED) is 0.246. The number of hydrogen-bond donors (Lipinski definition) is 0. The summed E-state index contributed by atoms with van der Waals surface area (Å²) in [5, 5.41) is 0. The molecule has 0 aliphatic rings. The minimum atomic E-state index is 1.13. The first-order valence-corrected chi connectivity index (χ1v) is 10.9. The molecule has 0 atom stereocenters. The van der Waals surface area contributed by atoms with E-state index in [1.165, 1.54) is 25.7 Å². The summed E-state index contributed by atoms with van der Waals surface area (Å²) < 4.78 is 0. The third-order valence-electron chi connectivity index (χ3n) is 1.70. The van der Waals surface area contributed by atoms with Gasteiger partial charge in [0.2, 0.25) is 0 Å². The van der Waals surface area contributed by atoms with Gasteiger partial charge in [-0.05, 0) is 32.5 Å². The lowest BCUT2D eigenvalue weighted by Crippen LogP contribution is -1.66. The Kier molecular flexibility index (Phi) is 16.8. The molecule has 0 bridgehead atoms. The largest absolute Gasteiger partial charge is 0.0877 e. The van der Waals surface area contributed by atoms with Crippen LogP contribution in [0.1, 0.15) is 39.5 Å². The van der Waals surface area contributed by atoms with E-state index in [1.807, 2.05) is 41.2 Å². The van der Waals surface area contributed by atoms with E-state index in [9.17, 15) is 0 Å². The van der Waals surface area contributed by atoms with Crippen molar-refractivity contribution in [1.82, 2.24) is 0 Å². The van der Waals surface area contributed by atoms with Crippen LogP contribution in [0.25, 0.3) is 0 Å². The molecule has 0 aromatic heterocycles. The number of allylic oxidation sites excluding steroid dienone is 2. The molecule has 0 aromatic carbocycles. The molecule has 0 aliphatic heterocycles. The Hall–Kier alpha value is 0.880. The maximum absolute atomic E-state index is 2.28. The van der Waals surface area contributed by atoms with Crippen molar-refractivity contribution in [2.45, 2.75) is 39.5 Å². The molecule has 0 N–H and O–H groups in total. The maximum Gasteiger partial charge on any atom is 0.0226 e. The van der Waals surface area contributed by atoms with Gasteiger partial charge >= 0.3 is 0 Å². The molecule has 0 heterocycles. The standard InChI is InChI=1S/C12H22S4/c1-3-5-7-9-11-13-15-16-14-12-10-8-6-4-2/h7-10H,3-6,11-12H2,1-2H3/b9-7+,10-8+. The van der Waals surface area contributed by atoms with Gasteiger partial charge in [-0.25, -0.2) is 0 Å². The van der Waals surface area contributed by atoms with Crippen molar-refractivity contribution in [3.05, 3.63) is 24.3 Å². The van der Waals surface area contributed by atoms with E-state index < -0.39 is 0 Å². The average Bonchev–Trinajstić information content (AvgIpc) is 2.31. The first-order valence-electron chi connectivity index (χ1n) is 5.79. The highest BCUT2D eigenvalue weighted by Crippen LogP contribution is 2.42. The Bertz CT molecular complexity index is 158. The molecule has 0 rings (SSSR count). The van der Waals surface area contributed by atoms with Gasteiger partial charge < -0.3 is 0 Å². The average molecular weight is 295 g/mol. The molecule has 0 aliphatic carbocycles. The van der Waals surface area contributed by atoms with Gasteiger partial charge in [-0.15, -0.1) is 0 Å². The summed E-state index contributed by atoms with van der Waals surface area (Å²) in [7, 11) is 7.61. The maximum atomic E-state index is 2.28. The molecule has 4 heteroatoms. The highest BCUT2D eigenvalue weighted by Gasteiger charge is 1.89. The fourth-order valence-corrected chi connectivity index (χ4v) is 6.37. The van der Waals surface area contributed by atoms with Crippen molar-refractivity contribution in [1.29, 1.82) is 0 Å². The zero-order valence-electron chi connectivity index (χ0n) is 10.2. The number of hydrogen-bond acceptors (Lipinski definition) is 4. The first kappa shape index (κ1) is 16.9. The smallest absolute Gasteiger partial charge is 0.0226 e. The molecular weight excluding hydrogens is 272 g/mol. The Balaban J connectivity index is 3.04. The molecule has 0 fully saturated rings. The lowest BCUT2D eigenvalue weighted by Gasteiger charge is -1.95. The summed E-state index contributed by atoms with van der Waals surface area (Å²) in [4.78, 5) is 0. The minimum Gasteiger partial charge on any atom is -0.0877 e. The van der Waals surface area contributed by atoms with Crippen molar-refractivity contribution >= 4 is 41.2 Å². The van der Waals surface area contributed by atoms with Gasteiger partial charge in [0.1, 0.15) is 0 Å². The second kappa shape index (κ2) is 15.9. The van der Waals surface area contributed by atoms with Crippen molar-refractivity contribution in [3.8, 4) is 0 Å². The van der Waals surface area contributed by atoms with Crippen molar-refractivity contribution in [2.24, 2.45) is 0 Å². The van der Waals surface area contributed by atoms with Gasteiger partial charge in [-0.1, -0.05) is 72.6 Å². The molecule has 0 unspecified atom stereocenters. The van der Waals surface area contributed by atoms with Crippen LogP contribution in [0.3, 0.4) is 0 Å². The highest BCUT2D eigenvalue weighted by atomic mass is 33.7. The van der Waals surface area contributed by atoms with Crippen LogP contribution in [0.2, 0.25) is 0 Å². The van der Waals surface area contributed by atoms with Crippen LogP contribution in [-0.2, 0) is 0 Å². The van der Waals surface area contributed by atoms with Crippen molar-refractivity contribution in [2.75, 3.05) is 11.5 Å². The second-order valence-electron chi connectivity index (χ2n) is 3.23. The first-order chi connectivity index (χ1) is 7.91. The molecule has 94 valence electrons. The lowest BCUT2D eigenvalue weighted by molar-refractivity contribution is 0.957. The van der Waals surface area contributed by atoms with Crippen LogP contribution in [0.5, 0.6) is 0 Å². The van der Waals surface area contributed by atoms with E-state index >= 15 is 0 Å². The fraction of sp³-hybridized carbons (Fsp3) is 0.667. The molecule has 0 radical (unpaired) electrons. The minimum absolute atomic E-state index is 1.13. The molecule has 0 aromatic rings. The van der Waals surface area contributed by atoms with Gasteiger partial charge in [-0.2, -0.15) is 0 Å². The van der Waals surface area contributed by atoms with Crippen LogP contribution < -0.4 is 0 Å². The van der Waals surface area contributed by atoms with Gasteiger partial charge in [0.05, 0.1) is 0 Å². The molecule has 0 spiro atoms. The van der Waals surface area contributed by atoms with Gasteiger partial charge in [0, 0.05) is 11.5 Å². The molecular formula is C12H22S4. The zero-order valence-corrected chi connectivity index (χ0v) is 13.5. The van der Waals surface area contributed by atoms with Gasteiger partial charge in [0.15, 0.2) is 0 Å². The number of rotatable bonds is 11. The van der Waals surface area contributed by atoms with E-state index in [0.29, 0.717) is 0 Å². The Labute approximate surface area is 116 Å². The summed E-state index contributed by atoms with van der Waals surface area (Å²) in [5.74, 6) is 2.26. The Morgan fingerprint density at radius 1 is 0.688 bits per heavy atom. The van der Waals surface area contributed by atoms with Crippen LogP contribution >= 0.6 is 41.2 Å². The lowest BCUT2D eigenvalue weighted by atomic mass is 10.3. The van der Waals surface area contributed by atoms with E-state index in [4.69, 9.17) is 0 Å². The Morgan fingerprint density at radius 3 is 1.50 bits per heavy atom. The molecule has 0 amide bonds. The number of unbranched alkanes of at least 4 members (excludes halogenated alkanes) is 2. The highest BCUT2D eigenvalue weighted by molar-refractivity contribution is 9.26. The molecule has 0 saturated heterocycles. The third-order valence-corrected chi connectivity index (χ3v) is 7.89. The van der Waals surface area contributed by atoms with Crippen molar-refractivity contribution in [3.63, 3.8) is 0 Å². The van der Waals surface area contributed by atoms with E-state index in [0.717, 1.165) is 11.5 Å². The van der Waals surface area contributed by atoms with Crippen LogP contribution in [-0.4, -0.2) is 11.5 Å². The predicted octanol–water partition coefficient (Wildman–Crippen LogP) is 6.38. The fourth-order valence-electron chi connectivity index (χ4n) is 0.879. The van der Waals surface area contributed by atoms with E-state index in [-0.39, 0.29) is 0 Å². The zero-order chi connectivity index (χ0) is 11.9. The second-order valence-corrected chi connectivity index (χ2v) is 9.32. The molecule has 0 saturated carbocycles. The third kappa shape index (κ3) is 14.9. The normalized spacial score (nSPS) is 11.9. The topological polar surface area (TPSA) is 0 Å². The van der Waals surface area contributed by atoms with Crippen LogP contribution in [0.15, 0.2) is 24.3 Å². The van der Waals surface area contributed by atoms with Crippen LogP contribution in [0, 0.1) is 0 Å². The van der Waals surface area contributed by atoms with Gasteiger partial charge in [0.25, 0.3) is 0 Å². The SMILES string of the molecule is CCC/C=C/CSSSSC/C=C/CCC. The predicted molar refractivity (Wildman–Crippen MR) is 88.2 cm³/mol. The summed E-state index contributed by atoms with van der Waals surface area (Å²) in [6.07, 6.45) is 14.0. The molecule has 16 heavy (non-hydrogen) atoms. The van der Waals surface area contributed by atoms with E-state index in [1.54, 1.807) is 0 Å². The molecule has 0 nitrogen and oxygen atoms in total. The van der Waals surface area contributed by atoms with Crippen molar-refractivity contribution < 1.29 is 0 Å².